The average molecular weight is 1190 g/mol. The molecule has 2 aromatic heterocycles. The number of fused-ring (bicyclic) bond motifs is 4. The normalized spacial score (nSPS) is 12.6. The summed E-state index contributed by atoms with van der Waals surface area (Å²) < 4.78 is 0. The van der Waals surface area contributed by atoms with Crippen LogP contribution in [0, 0.1) is 0 Å². The van der Waals surface area contributed by atoms with E-state index in [-0.39, 0.29) is 0 Å². The van der Waals surface area contributed by atoms with Crippen LogP contribution in [0.4, 0.5) is 34.1 Å². The number of rotatable bonds is 10. The largest absolute Gasteiger partial charge is 0.310 e. The van der Waals surface area contributed by atoms with E-state index in [2.05, 4.69) is 235 Å². The molecule has 0 radical (unpaired) electrons. The predicted octanol–water partition coefficient (Wildman–Crippen LogP) is 19.6. The van der Waals surface area contributed by atoms with E-state index in [4.69, 9.17) is 29.9 Å². The molecule has 0 bridgehead atoms. The van der Waals surface area contributed by atoms with Crippen molar-refractivity contribution >= 4 is 64.3 Å². The molecule has 0 amide bonds. The molecular weight excluding hydrogens is 1130 g/mol. The number of nitrogens with zero attached hydrogens (tertiary/aromatic N) is 8. The van der Waals surface area contributed by atoms with E-state index in [1.807, 2.05) is 103 Å². The molecule has 0 atom stereocenters. The van der Waals surface area contributed by atoms with Gasteiger partial charge in [0.2, 0.25) is 0 Å². The van der Waals surface area contributed by atoms with Crippen molar-refractivity contribution in [1.29, 1.82) is 0 Å². The molecule has 2 aliphatic rings. The van der Waals surface area contributed by atoms with Crippen molar-refractivity contribution in [2.24, 2.45) is 0 Å². The van der Waals surface area contributed by atoms with E-state index >= 15 is 0 Å². The van der Waals surface area contributed by atoms with Crippen LogP contribution in [-0.2, 0) is 0 Å². The lowest BCUT2D eigenvalue weighted by molar-refractivity contribution is 1.07. The number of hydrogen-bond donors (Lipinski definition) is 0. The van der Waals surface area contributed by atoms with Crippen LogP contribution in [-0.4, -0.2) is 38.0 Å². The molecular formula is C80H58N8SSi. The minimum Gasteiger partial charge on any atom is -0.310 e. The minimum absolute atomic E-state index is 0.624. The lowest BCUT2D eigenvalue weighted by Gasteiger charge is -2.41. The lowest BCUT2D eigenvalue weighted by atomic mass is 9.99. The van der Waals surface area contributed by atoms with Crippen LogP contribution in [0.1, 0.15) is 0 Å². The molecule has 14 aromatic rings. The summed E-state index contributed by atoms with van der Waals surface area (Å²) in [6.07, 6.45) is 0. The van der Waals surface area contributed by atoms with Crippen LogP contribution in [0.15, 0.2) is 325 Å². The Balaban J connectivity index is 0.000000150. The molecule has 0 saturated carbocycles. The van der Waals surface area contributed by atoms with Gasteiger partial charge in [0.05, 0.1) is 22.7 Å². The van der Waals surface area contributed by atoms with E-state index in [1.165, 1.54) is 31.5 Å². The Morgan fingerprint density at radius 3 is 0.844 bits per heavy atom. The van der Waals surface area contributed by atoms with Gasteiger partial charge in [-0.1, -0.05) is 280 Å². The van der Waals surface area contributed by atoms with Gasteiger partial charge in [0.25, 0.3) is 0 Å². The topological polar surface area (TPSA) is 83.8 Å². The van der Waals surface area contributed by atoms with Gasteiger partial charge in [-0.2, -0.15) is 0 Å². The van der Waals surface area contributed by atoms with E-state index in [0.29, 0.717) is 34.9 Å². The van der Waals surface area contributed by atoms with Crippen LogP contribution in [0.2, 0.25) is 13.1 Å². The van der Waals surface area contributed by atoms with Crippen LogP contribution >= 0.6 is 11.8 Å². The first-order chi connectivity index (χ1) is 44.4. The molecule has 0 unspecified atom stereocenters. The molecule has 16 rings (SSSR count). The lowest BCUT2D eigenvalue weighted by Crippen LogP contribution is -2.58. The molecule has 12 aromatic carbocycles. The monoisotopic (exact) mass is 1190 g/mol. The third-order valence-electron chi connectivity index (χ3n) is 16.6. The maximum absolute atomic E-state index is 5.19. The molecule has 90 heavy (non-hydrogen) atoms. The summed E-state index contributed by atoms with van der Waals surface area (Å²) in [6, 6.07) is 110. The first-order valence-electron chi connectivity index (χ1n) is 30.2. The summed E-state index contributed by atoms with van der Waals surface area (Å²) in [5, 5.41) is 2.83. The molecule has 0 saturated heterocycles. The molecule has 0 aliphatic carbocycles. The van der Waals surface area contributed by atoms with Gasteiger partial charge in [0.1, 0.15) is 8.07 Å². The standard InChI is InChI=1S/C41H32N4Si.C39H26N4S/c1-46(2)37-24-14-12-22-35(37)45(36-23-13-15-25-38(36)46)34-27-26-32(29-16-6-3-7-17-29)28-33(34)41-43-39(30-18-8-4-9-19-30)42-40(44-41)31-20-10-5-11-21-31;1-4-14-27(15-5-1)30-24-25-32(43-33-20-10-12-22-35(33)44-36-23-13-11-21-34(36)43)31(26-30)39-41-37(28-16-6-2-7-17-28)40-38(42-39)29-18-8-3-9-19-29/h3-28H,1-2H3;1-26H. The molecule has 2 aliphatic heterocycles. The number of benzene rings is 12. The molecule has 0 spiro atoms. The molecule has 8 nitrogen and oxygen atoms in total. The van der Waals surface area contributed by atoms with E-state index < -0.39 is 8.07 Å². The quantitative estimate of drug-likeness (QED) is 0.124. The Kier molecular flexibility index (Phi) is 14.9. The number of aromatic nitrogens is 6. The van der Waals surface area contributed by atoms with Crippen LogP contribution in [0.3, 0.4) is 0 Å². The van der Waals surface area contributed by atoms with Crippen LogP contribution in [0.5, 0.6) is 0 Å². The Labute approximate surface area is 529 Å². The SMILES string of the molecule is C[Si]1(C)c2ccccc2N(c2ccc(-c3ccccc3)cc2-c2nc(-c3ccccc3)nc(-c3ccccc3)n2)c2ccccc21.c1ccc(-c2ccc(N3c4ccccc4Sc4ccccc43)c(-c3nc(-c4ccccc4)nc(-c4ccccc4)n3)c2)cc1. The first kappa shape index (κ1) is 55.4. The Morgan fingerprint density at radius 1 is 0.233 bits per heavy atom. The summed E-state index contributed by atoms with van der Waals surface area (Å²) in [5.41, 5.74) is 16.9. The van der Waals surface area contributed by atoms with Crippen molar-refractivity contribution in [2.75, 3.05) is 9.80 Å². The smallest absolute Gasteiger partial charge is 0.166 e. The van der Waals surface area contributed by atoms with Crippen molar-refractivity contribution in [2.45, 2.75) is 22.9 Å². The highest BCUT2D eigenvalue weighted by molar-refractivity contribution is 7.99. The van der Waals surface area contributed by atoms with E-state index in [1.54, 1.807) is 11.8 Å². The number of para-hydroxylation sites is 4. The summed E-state index contributed by atoms with van der Waals surface area (Å²) in [7, 11) is -1.96. The first-order valence-corrected chi connectivity index (χ1v) is 34.0. The molecule has 0 N–H and O–H groups in total. The zero-order valence-electron chi connectivity index (χ0n) is 49.5. The van der Waals surface area contributed by atoms with Gasteiger partial charge in [0.15, 0.2) is 34.9 Å². The van der Waals surface area contributed by atoms with Crippen molar-refractivity contribution in [3.05, 3.63) is 315 Å². The maximum Gasteiger partial charge on any atom is 0.166 e. The van der Waals surface area contributed by atoms with Gasteiger partial charge in [-0.15, -0.1) is 0 Å². The van der Waals surface area contributed by atoms with Crippen LogP contribution in [0.25, 0.3) is 90.6 Å². The van der Waals surface area contributed by atoms with Crippen molar-refractivity contribution in [1.82, 2.24) is 29.9 Å². The van der Waals surface area contributed by atoms with Gasteiger partial charge >= 0.3 is 0 Å². The van der Waals surface area contributed by atoms with Gasteiger partial charge in [-0.25, -0.2) is 29.9 Å². The van der Waals surface area contributed by atoms with E-state index in [0.717, 1.165) is 78.4 Å². The van der Waals surface area contributed by atoms with Gasteiger partial charge < -0.3 is 9.80 Å². The van der Waals surface area contributed by atoms with Gasteiger partial charge in [0, 0.05) is 54.5 Å². The van der Waals surface area contributed by atoms with E-state index in [9.17, 15) is 0 Å². The summed E-state index contributed by atoms with van der Waals surface area (Å²) in [5.74, 6) is 3.83. The predicted molar refractivity (Wildman–Crippen MR) is 373 cm³/mol. The molecule has 428 valence electrons. The van der Waals surface area contributed by atoms with Gasteiger partial charge in [-0.05, 0) is 93.3 Å². The summed E-state index contributed by atoms with van der Waals surface area (Å²) in [6.45, 7) is 4.90. The zero-order valence-corrected chi connectivity index (χ0v) is 51.3. The second-order valence-corrected chi connectivity index (χ2v) is 28.1. The Hall–Kier alpha value is -11.2. The highest BCUT2D eigenvalue weighted by Gasteiger charge is 2.39. The molecule has 0 fully saturated rings. The zero-order chi connectivity index (χ0) is 60.4. The number of anilines is 6. The fraction of sp³-hybridized carbons (Fsp3) is 0.0250. The van der Waals surface area contributed by atoms with Crippen molar-refractivity contribution in [3.63, 3.8) is 0 Å². The third-order valence-corrected chi connectivity index (χ3v) is 21.3. The van der Waals surface area contributed by atoms with Crippen LogP contribution < -0.4 is 20.2 Å². The Bertz CT molecular complexity index is 4690. The maximum atomic E-state index is 5.19. The average Bonchev–Trinajstić information content (AvgIpc) is 1.05. The van der Waals surface area contributed by atoms with Crippen molar-refractivity contribution < 1.29 is 0 Å². The van der Waals surface area contributed by atoms with Gasteiger partial charge in [-0.3, -0.25) is 0 Å². The molecule has 4 heterocycles. The fourth-order valence-corrected chi connectivity index (χ4v) is 16.2. The second kappa shape index (κ2) is 24.2. The highest BCUT2D eigenvalue weighted by Crippen LogP contribution is 2.53. The molecule has 10 heteroatoms. The fourth-order valence-electron chi connectivity index (χ4n) is 12.2. The van der Waals surface area contributed by atoms with Crippen molar-refractivity contribution in [3.8, 4) is 90.6 Å². The summed E-state index contributed by atoms with van der Waals surface area (Å²) in [4.78, 5) is 37.8. The minimum atomic E-state index is -1.96. The third kappa shape index (κ3) is 10.7. The Morgan fingerprint density at radius 2 is 0.500 bits per heavy atom. The summed E-state index contributed by atoms with van der Waals surface area (Å²) >= 11 is 1.80. The highest BCUT2D eigenvalue weighted by atomic mass is 32.2. The number of hydrogen-bond acceptors (Lipinski definition) is 9. The second-order valence-electron chi connectivity index (χ2n) is 22.6.